The molecule has 0 spiro atoms. The summed E-state index contributed by atoms with van der Waals surface area (Å²) in [5.74, 6) is -0.170. The Balaban J connectivity index is 2.26. The van der Waals surface area contributed by atoms with E-state index >= 15 is 0 Å². The third-order valence-electron chi connectivity index (χ3n) is 2.09. The van der Waals surface area contributed by atoms with Gasteiger partial charge in [0.25, 0.3) is 0 Å². The smallest absolute Gasteiger partial charge is 0.403 e. The molecule has 2 rings (SSSR count). The van der Waals surface area contributed by atoms with E-state index in [1.54, 1.807) is 6.07 Å². The molecule has 6 heteroatoms. The minimum absolute atomic E-state index is 0.188. The van der Waals surface area contributed by atoms with Gasteiger partial charge in [0.2, 0.25) is 0 Å². The first kappa shape index (κ1) is 10.8. The van der Waals surface area contributed by atoms with E-state index in [2.05, 4.69) is 0 Å². The summed E-state index contributed by atoms with van der Waals surface area (Å²) in [4.78, 5) is 11.6. The van der Waals surface area contributed by atoms with Crippen LogP contribution in [0.5, 0.6) is 0 Å². The Labute approximate surface area is 95.1 Å². The number of rotatable bonds is 3. The molecule has 1 unspecified atom stereocenters. The summed E-state index contributed by atoms with van der Waals surface area (Å²) in [6, 6.07) is 6.30. The number of aryl methyl sites for hydroxylation is 1. The van der Waals surface area contributed by atoms with E-state index in [1.165, 1.54) is 23.5 Å². The Kier molecular flexibility index (Phi) is 2.76. The van der Waals surface area contributed by atoms with E-state index in [9.17, 15) is 15.2 Å². The summed E-state index contributed by atoms with van der Waals surface area (Å²) in [5, 5.41) is 20.3. The minimum atomic E-state index is -0.938. The Morgan fingerprint density at radius 3 is 2.69 bits per heavy atom. The van der Waals surface area contributed by atoms with Crippen LogP contribution < -0.4 is 0 Å². The number of aliphatic hydroxyl groups excluding tert-OH is 1. The summed E-state index contributed by atoms with van der Waals surface area (Å²) in [5.41, 5.74) is 0. The van der Waals surface area contributed by atoms with Crippen molar-refractivity contribution in [2.45, 2.75) is 13.0 Å². The molecule has 0 aromatic carbocycles. The molecule has 0 saturated heterocycles. The molecule has 0 radical (unpaired) electrons. The van der Waals surface area contributed by atoms with Gasteiger partial charge in [0.1, 0.15) is 16.8 Å². The first-order valence-electron chi connectivity index (χ1n) is 4.56. The van der Waals surface area contributed by atoms with Gasteiger partial charge in [-0.05, 0) is 25.1 Å². The van der Waals surface area contributed by atoms with E-state index in [4.69, 9.17) is 4.42 Å². The van der Waals surface area contributed by atoms with Crippen LogP contribution in [0.1, 0.15) is 21.6 Å². The Morgan fingerprint density at radius 2 is 2.19 bits per heavy atom. The van der Waals surface area contributed by atoms with Crippen molar-refractivity contribution in [1.82, 2.24) is 0 Å². The van der Waals surface area contributed by atoms with Gasteiger partial charge in [-0.15, -0.1) is 11.3 Å². The molecule has 0 aliphatic heterocycles. The third-order valence-corrected chi connectivity index (χ3v) is 3.15. The zero-order valence-electron chi connectivity index (χ0n) is 8.41. The fraction of sp³-hybridized carbons (Fsp3) is 0.200. The van der Waals surface area contributed by atoms with E-state index in [-0.39, 0.29) is 11.6 Å². The molecule has 0 saturated carbocycles. The lowest BCUT2D eigenvalue weighted by molar-refractivity contribution is -0.402. The molecule has 84 valence electrons. The van der Waals surface area contributed by atoms with E-state index in [0.717, 1.165) is 4.88 Å². The van der Waals surface area contributed by atoms with Crippen molar-refractivity contribution in [3.63, 3.8) is 0 Å². The van der Waals surface area contributed by atoms with Gasteiger partial charge in [-0.25, -0.2) is 0 Å². The quantitative estimate of drug-likeness (QED) is 0.659. The second-order valence-electron chi connectivity index (χ2n) is 3.28. The van der Waals surface area contributed by atoms with Crippen LogP contribution in [0.25, 0.3) is 0 Å². The van der Waals surface area contributed by atoms with E-state index < -0.39 is 11.0 Å². The number of nitro groups is 1. The van der Waals surface area contributed by atoms with Crippen molar-refractivity contribution in [3.8, 4) is 0 Å². The van der Waals surface area contributed by atoms with Crippen LogP contribution in [0, 0.1) is 17.0 Å². The number of aliphatic hydroxyl groups is 1. The first-order valence-corrected chi connectivity index (χ1v) is 5.38. The van der Waals surface area contributed by atoms with E-state index in [1.807, 2.05) is 13.0 Å². The summed E-state index contributed by atoms with van der Waals surface area (Å²) in [7, 11) is 0. The molecule has 16 heavy (non-hydrogen) atoms. The Morgan fingerprint density at radius 1 is 1.44 bits per heavy atom. The van der Waals surface area contributed by atoms with Crippen molar-refractivity contribution >= 4 is 17.2 Å². The molecule has 0 fully saturated rings. The maximum Gasteiger partial charge on any atom is 0.433 e. The highest BCUT2D eigenvalue weighted by Crippen LogP contribution is 2.30. The number of nitrogens with zero attached hydrogens (tertiary/aromatic N) is 1. The fourth-order valence-electron chi connectivity index (χ4n) is 1.33. The second kappa shape index (κ2) is 4.07. The summed E-state index contributed by atoms with van der Waals surface area (Å²) < 4.78 is 4.93. The molecule has 1 N–H and O–H groups in total. The predicted molar refractivity (Wildman–Crippen MR) is 58.5 cm³/mol. The highest BCUT2D eigenvalue weighted by atomic mass is 32.1. The van der Waals surface area contributed by atoms with Crippen LogP contribution in [-0.4, -0.2) is 10.0 Å². The van der Waals surface area contributed by atoms with Gasteiger partial charge in [0, 0.05) is 9.75 Å². The molecule has 0 bridgehead atoms. The molecular weight excluding hydrogens is 230 g/mol. The molecule has 2 heterocycles. The minimum Gasteiger partial charge on any atom is -0.403 e. The van der Waals surface area contributed by atoms with Gasteiger partial charge in [-0.1, -0.05) is 0 Å². The van der Waals surface area contributed by atoms with E-state index in [0.29, 0.717) is 4.88 Å². The molecule has 1 atom stereocenters. The van der Waals surface area contributed by atoms with Crippen molar-refractivity contribution in [1.29, 1.82) is 0 Å². The normalized spacial score (nSPS) is 12.6. The third kappa shape index (κ3) is 1.98. The number of thiophene rings is 1. The van der Waals surface area contributed by atoms with Gasteiger partial charge < -0.3 is 9.52 Å². The highest BCUT2D eigenvalue weighted by Gasteiger charge is 2.20. The Bertz CT molecular complexity index is 516. The largest absolute Gasteiger partial charge is 0.433 e. The first-order chi connectivity index (χ1) is 7.58. The summed E-state index contributed by atoms with van der Waals surface area (Å²) in [6.07, 6.45) is -0.938. The van der Waals surface area contributed by atoms with Crippen molar-refractivity contribution < 1.29 is 14.4 Å². The summed E-state index contributed by atoms with van der Waals surface area (Å²) in [6.45, 7) is 1.92. The number of furan rings is 1. The standard InChI is InChI=1S/C10H9NO4S/c1-6-2-4-8(16-6)10(12)7-3-5-9(15-7)11(13)14/h2-5,10,12H,1H3. The summed E-state index contributed by atoms with van der Waals surface area (Å²) >= 11 is 1.43. The molecule has 0 aliphatic rings. The average molecular weight is 239 g/mol. The highest BCUT2D eigenvalue weighted by molar-refractivity contribution is 7.12. The van der Waals surface area contributed by atoms with Crippen LogP contribution in [0.4, 0.5) is 5.88 Å². The molecule has 0 amide bonds. The lowest BCUT2D eigenvalue weighted by atomic mass is 10.2. The van der Waals surface area contributed by atoms with Gasteiger partial charge in [0.05, 0.1) is 6.07 Å². The van der Waals surface area contributed by atoms with Crippen LogP contribution in [0.3, 0.4) is 0 Å². The van der Waals surface area contributed by atoms with Gasteiger partial charge >= 0.3 is 5.88 Å². The molecular formula is C10H9NO4S. The van der Waals surface area contributed by atoms with Gasteiger partial charge in [-0.3, -0.25) is 10.1 Å². The molecule has 2 aromatic rings. The zero-order chi connectivity index (χ0) is 11.7. The molecule has 0 aliphatic carbocycles. The van der Waals surface area contributed by atoms with Crippen molar-refractivity contribution in [2.24, 2.45) is 0 Å². The topological polar surface area (TPSA) is 76.5 Å². The number of hydrogen-bond acceptors (Lipinski definition) is 5. The van der Waals surface area contributed by atoms with Crippen LogP contribution in [0.15, 0.2) is 28.7 Å². The van der Waals surface area contributed by atoms with Crippen LogP contribution in [-0.2, 0) is 0 Å². The lowest BCUT2D eigenvalue weighted by Crippen LogP contribution is -1.94. The average Bonchev–Trinajstić information content (AvgIpc) is 2.84. The van der Waals surface area contributed by atoms with Gasteiger partial charge in [-0.2, -0.15) is 0 Å². The zero-order valence-corrected chi connectivity index (χ0v) is 9.23. The monoisotopic (exact) mass is 239 g/mol. The molecule has 2 aromatic heterocycles. The van der Waals surface area contributed by atoms with Crippen LogP contribution >= 0.6 is 11.3 Å². The van der Waals surface area contributed by atoms with Crippen molar-refractivity contribution in [3.05, 3.63) is 49.9 Å². The predicted octanol–water partition coefficient (Wildman–Crippen LogP) is 2.64. The lowest BCUT2D eigenvalue weighted by Gasteiger charge is -2.03. The fourth-order valence-corrected chi connectivity index (χ4v) is 2.20. The number of hydrogen-bond donors (Lipinski definition) is 1. The maximum absolute atomic E-state index is 10.4. The molecule has 5 nitrogen and oxygen atoms in total. The van der Waals surface area contributed by atoms with Crippen molar-refractivity contribution in [2.75, 3.05) is 0 Å². The second-order valence-corrected chi connectivity index (χ2v) is 4.60. The SMILES string of the molecule is Cc1ccc(C(O)c2ccc([N+](=O)[O-])o2)s1. The maximum atomic E-state index is 10.4. The van der Waals surface area contributed by atoms with Gasteiger partial charge in [0.15, 0.2) is 0 Å². The Hall–Kier alpha value is -1.66. The van der Waals surface area contributed by atoms with Crippen LogP contribution in [0.2, 0.25) is 0 Å².